The lowest BCUT2D eigenvalue weighted by Crippen LogP contribution is -2.40. The monoisotopic (exact) mass is 249 g/mol. The van der Waals surface area contributed by atoms with Crippen molar-refractivity contribution in [3.8, 4) is 0 Å². The second-order valence-corrected chi connectivity index (χ2v) is 5.87. The number of rotatable bonds is 5. The topological polar surface area (TPSA) is 49.3 Å². The van der Waals surface area contributed by atoms with Crippen LogP contribution in [0, 0.1) is 5.41 Å². The first-order chi connectivity index (χ1) is 8.40. The zero-order valence-corrected chi connectivity index (χ0v) is 11.4. The predicted octanol–water partition coefficient (Wildman–Crippen LogP) is 2.14. The number of amides is 1. The van der Waals surface area contributed by atoms with Gasteiger partial charge in [0.15, 0.2) is 0 Å². The molecular weight excluding hydrogens is 226 g/mol. The lowest BCUT2D eigenvalue weighted by Gasteiger charge is -2.21. The van der Waals surface area contributed by atoms with Crippen molar-refractivity contribution in [2.45, 2.75) is 39.7 Å². The summed E-state index contributed by atoms with van der Waals surface area (Å²) in [6.45, 7) is 6.04. The van der Waals surface area contributed by atoms with Crippen molar-refractivity contribution >= 4 is 5.91 Å². The summed E-state index contributed by atoms with van der Waals surface area (Å²) in [5.74, 6) is -0.00233. The van der Waals surface area contributed by atoms with E-state index in [0.717, 1.165) is 5.56 Å². The van der Waals surface area contributed by atoms with Gasteiger partial charge in [-0.1, -0.05) is 51.1 Å². The number of carbonyl (C=O) groups is 1. The predicted molar refractivity (Wildman–Crippen MR) is 73.2 cm³/mol. The molecule has 1 aromatic carbocycles. The SMILES string of the molecule is CC(C)(C)CC(=O)NC(CO)Cc1ccccc1. The summed E-state index contributed by atoms with van der Waals surface area (Å²) in [5, 5.41) is 12.2. The van der Waals surface area contributed by atoms with Gasteiger partial charge in [0.05, 0.1) is 12.6 Å². The summed E-state index contributed by atoms with van der Waals surface area (Å²) < 4.78 is 0. The molecule has 0 saturated heterocycles. The van der Waals surface area contributed by atoms with Gasteiger partial charge >= 0.3 is 0 Å². The van der Waals surface area contributed by atoms with Gasteiger partial charge in [-0.25, -0.2) is 0 Å². The van der Waals surface area contributed by atoms with Gasteiger partial charge in [0, 0.05) is 6.42 Å². The molecule has 1 aromatic rings. The van der Waals surface area contributed by atoms with Crippen LogP contribution in [0.3, 0.4) is 0 Å². The number of nitrogens with one attached hydrogen (secondary N) is 1. The normalized spacial score (nSPS) is 13.1. The van der Waals surface area contributed by atoms with E-state index in [0.29, 0.717) is 12.8 Å². The van der Waals surface area contributed by atoms with Gasteiger partial charge in [0.25, 0.3) is 0 Å². The fourth-order valence-electron chi connectivity index (χ4n) is 1.82. The van der Waals surface area contributed by atoms with Crippen molar-refractivity contribution in [3.05, 3.63) is 35.9 Å². The molecule has 1 unspecified atom stereocenters. The Balaban J connectivity index is 2.50. The van der Waals surface area contributed by atoms with Gasteiger partial charge in [-0.05, 0) is 17.4 Å². The number of benzene rings is 1. The minimum atomic E-state index is -0.206. The van der Waals surface area contributed by atoms with Crippen LogP contribution in [-0.4, -0.2) is 23.7 Å². The van der Waals surface area contributed by atoms with Crippen LogP contribution in [0.15, 0.2) is 30.3 Å². The minimum absolute atomic E-state index is 0.00233. The van der Waals surface area contributed by atoms with Crippen LogP contribution in [0.4, 0.5) is 0 Å². The van der Waals surface area contributed by atoms with Crippen molar-refractivity contribution in [2.75, 3.05) is 6.61 Å². The van der Waals surface area contributed by atoms with E-state index in [1.165, 1.54) is 0 Å². The molecule has 1 atom stereocenters. The third-order valence-electron chi connectivity index (χ3n) is 2.60. The molecule has 0 aliphatic rings. The highest BCUT2D eigenvalue weighted by Crippen LogP contribution is 2.18. The molecule has 0 radical (unpaired) electrons. The Morgan fingerprint density at radius 2 is 1.89 bits per heavy atom. The zero-order valence-electron chi connectivity index (χ0n) is 11.4. The standard InChI is InChI=1S/C15H23NO2/c1-15(2,3)10-14(18)16-13(11-17)9-12-7-5-4-6-8-12/h4-8,13,17H,9-11H2,1-3H3,(H,16,18). The molecule has 0 aliphatic carbocycles. The number of hydrogen-bond acceptors (Lipinski definition) is 2. The van der Waals surface area contributed by atoms with E-state index in [2.05, 4.69) is 5.32 Å². The molecule has 0 spiro atoms. The molecule has 0 aromatic heterocycles. The van der Waals surface area contributed by atoms with Crippen LogP contribution in [0.5, 0.6) is 0 Å². The van der Waals surface area contributed by atoms with Crippen molar-refractivity contribution in [1.29, 1.82) is 0 Å². The van der Waals surface area contributed by atoms with Crippen LogP contribution < -0.4 is 5.32 Å². The average molecular weight is 249 g/mol. The second kappa shape index (κ2) is 6.55. The smallest absolute Gasteiger partial charge is 0.220 e. The van der Waals surface area contributed by atoms with Crippen LogP contribution in [0.1, 0.15) is 32.8 Å². The Hall–Kier alpha value is -1.35. The summed E-state index contributed by atoms with van der Waals surface area (Å²) in [6, 6.07) is 9.66. The summed E-state index contributed by atoms with van der Waals surface area (Å²) in [4.78, 5) is 11.8. The molecule has 0 fully saturated rings. The van der Waals surface area contributed by atoms with Gasteiger partial charge in [-0.15, -0.1) is 0 Å². The minimum Gasteiger partial charge on any atom is -0.394 e. The molecule has 0 saturated carbocycles. The molecule has 2 N–H and O–H groups in total. The average Bonchev–Trinajstić information content (AvgIpc) is 2.27. The first-order valence-corrected chi connectivity index (χ1v) is 6.35. The summed E-state index contributed by atoms with van der Waals surface area (Å²) >= 11 is 0. The van der Waals surface area contributed by atoms with Crippen LogP contribution >= 0.6 is 0 Å². The second-order valence-electron chi connectivity index (χ2n) is 5.87. The highest BCUT2D eigenvalue weighted by atomic mass is 16.3. The molecule has 100 valence electrons. The van der Waals surface area contributed by atoms with E-state index in [-0.39, 0.29) is 24.0 Å². The van der Waals surface area contributed by atoms with Crippen molar-refractivity contribution in [2.24, 2.45) is 5.41 Å². The Morgan fingerprint density at radius 3 is 2.39 bits per heavy atom. The first kappa shape index (κ1) is 14.7. The Kier molecular flexibility index (Phi) is 5.35. The largest absolute Gasteiger partial charge is 0.394 e. The van der Waals surface area contributed by atoms with E-state index < -0.39 is 0 Å². The lowest BCUT2D eigenvalue weighted by atomic mass is 9.91. The number of carbonyl (C=O) groups excluding carboxylic acids is 1. The maximum absolute atomic E-state index is 11.8. The summed E-state index contributed by atoms with van der Waals surface area (Å²) in [7, 11) is 0. The molecule has 1 amide bonds. The Morgan fingerprint density at radius 1 is 1.28 bits per heavy atom. The van der Waals surface area contributed by atoms with E-state index >= 15 is 0 Å². The Bertz CT molecular complexity index is 368. The van der Waals surface area contributed by atoms with E-state index in [1.54, 1.807) is 0 Å². The Labute approximate surface area is 109 Å². The maximum atomic E-state index is 11.8. The van der Waals surface area contributed by atoms with Crippen LogP contribution in [0.25, 0.3) is 0 Å². The fraction of sp³-hybridized carbons (Fsp3) is 0.533. The van der Waals surface area contributed by atoms with Gasteiger partial charge < -0.3 is 10.4 Å². The van der Waals surface area contributed by atoms with Crippen LogP contribution in [0.2, 0.25) is 0 Å². The molecule has 3 nitrogen and oxygen atoms in total. The van der Waals surface area contributed by atoms with Gasteiger partial charge in [-0.2, -0.15) is 0 Å². The van der Waals surface area contributed by atoms with Gasteiger partial charge in [-0.3, -0.25) is 4.79 Å². The molecule has 0 heterocycles. The fourth-order valence-corrected chi connectivity index (χ4v) is 1.82. The van der Waals surface area contributed by atoms with E-state index in [1.807, 2.05) is 51.1 Å². The maximum Gasteiger partial charge on any atom is 0.220 e. The quantitative estimate of drug-likeness (QED) is 0.840. The van der Waals surface area contributed by atoms with Gasteiger partial charge in [0.1, 0.15) is 0 Å². The third-order valence-corrected chi connectivity index (χ3v) is 2.60. The molecule has 3 heteroatoms. The van der Waals surface area contributed by atoms with Crippen LogP contribution in [-0.2, 0) is 11.2 Å². The molecule has 0 bridgehead atoms. The number of aliphatic hydroxyl groups excluding tert-OH is 1. The highest BCUT2D eigenvalue weighted by molar-refractivity contribution is 5.76. The molecule has 1 rings (SSSR count). The van der Waals surface area contributed by atoms with E-state index in [9.17, 15) is 9.90 Å². The molecule has 18 heavy (non-hydrogen) atoms. The summed E-state index contributed by atoms with van der Waals surface area (Å²) in [6.07, 6.45) is 1.13. The van der Waals surface area contributed by atoms with Crippen molar-refractivity contribution in [3.63, 3.8) is 0 Å². The highest BCUT2D eigenvalue weighted by Gasteiger charge is 2.18. The zero-order chi connectivity index (χ0) is 13.6. The molecule has 0 aliphatic heterocycles. The third kappa shape index (κ3) is 5.82. The van der Waals surface area contributed by atoms with Gasteiger partial charge in [0.2, 0.25) is 5.91 Å². The first-order valence-electron chi connectivity index (χ1n) is 6.35. The number of hydrogen-bond donors (Lipinski definition) is 2. The summed E-state index contributed by atoms with van der Waals surface area (Å²) in [5.41, 5.74) is 1.09. The number of aliphatic hydroxyl groups is 1. The van der Waals surface area contributed by atoms with E-state index in [4.69, 9.17) is 0 Å². The van der Waals surface area contributed by atoms with Crippen molar-refractivity contribution < 1.29 is 9.90 Å². The molecular formula is C15H23NO2. The lowest BCUT2D eigenvalue weighted by molar-refractivity contribution is -0.123. The van der Waals surface area contributed by atoms with Crippen molar-refractivity contribution in [1.82, 2.24) is 5.32 Å².